The fraction of sp³-hybridized carbons (Fsp3) is 0.400. The van der Waals surface area contributed by atoms with E-state index in [4.69, 9.17) is 65.4 Å². The minimum absolute atomic E-state index is 0. The van der Waals surface area contributed by atoms with Crippen LogP contribution in [0, 0.1) is 0 Å². The Morgan fingerprint density at radius 2 is 0.725 bits per heavy atom. The number of rotatable bonds is 8. The van der Waals surface area contributed by atoms with Gasteiger partial charge < -0.3 is 54.9 Å². The third kappa shape index (κ3) is 57.0. The molecule has 16 nitrogen and oxygen atoms in total. The first-order chi connectivity index (χ1) is 17.8. The zero-order valence-electron chi connectivity index (χ0n) is 21.9. The third-order valence-corrected chi connectivity index (χ3v) is 3.45. The molecule has 20 heteroatoms. The topological polar surface area (TPSA) is 337 Å². The van der Waals surface area contributed by atoms with Gasteiger partial charge in [-0.3, -0.25) is 19.6 Å². The summed E-state index contributed by atoms with van der Waals surface area (Å²) in [7, 11) is -8.78. The van der Waals surface area contributed by atoms with Gasteiger partial charge in [-0.15, -0.1) is 13.1 Å². The molecule has 18 N–H and O–H groups in total. The van der Waals surface area contributed by atoms with Crippen LogP contribution in [-0.2, 0) is 42.7 Å². The van der Waals surface area contributed by atoms with Crippen molar-refractivity contribution in [1.29, 1.82) is 0 Å². The van der Waals surface area contributed by atoms with Crippen molar-refractivity contribution in [3.63, 3.8) is 0 Å². The summed E-state index contributed by atoms with van der Waals surface area (Å²) in [4.78, 5) is 33.4. The summed E-state index contributed by atoms with van der Waals surface area (Å²) in [6.07, 6.45) is 0. The largest absolute Gasteiger partial charge is 0.676 e. The van der Waals surface area contributed by atoms with Crippen molar-refractivity contribution in [1.82, 2.24) is 0 Å². The van der Waals surface area contributed by atoms with Crippen molar-refractivity contribution in [2.75, 3.05) is 52.4 Å². The van der Waals surface area contributed by atoms with Crippen LogP contribution in [-0.4, -0.2) is 71.9 Å². The number of phosphoric acid groups is 2. The molecule has 0 aliphatic heterocycles. The number of nitrogens with two attached hydrogens (primary N) is 6. The predicted molar refractivity (Wildman–Crippen MR) is 151 cm³/mol. The minimum atomic E-state index is -4.39. The first kappa shape index (κ1) is 51.7. The van der Waals surface area contributed by atoms with Crippen molar-refractivity contribution in [3.8, 4) is 11.5 Å². The van der Waals surface area contributed by atoms with Gasteiger partial charge in [0.15, 0.2) is 0 Å². The van der Waals surface area contributed by atoms with E-state index in [1.165, 1.54) is 24.3 Å². The van der Waals surface area contributed by atoms with Crippen molar-refractivity contribution >= 4 is 15.6 Å². The Bertz CT molecular complexity index is 730. The van der Waals surface area contributed by atoms with Gasteiger partial charge >= 0.3 is 15.6 Å². The van der Waals surface area contributed by atoms with Crippen molar-refractivity contribution < 1.29 is 71.3 Å². The van der Waals surface area contributed by atoms with Crippen LogP contribution in [0.25, 0.3) is 11.5 Å². The second-order valence-corrected chi connectivity index (χ2v) is 8.35. The van der Waals surface area contributed by atoms with E-state index < -0.39 is 15.6 Å². The number of hydrogen-bond donors (Lipinski definition) is 10. The second-order valence-electron chi connectivity index (χ2n) is 6.02. The van der Waals surface area contributed by atoms with E-state index in [9.17, 15) is 9.13 Å². The molecule has 0 aliphatic rings. The Morgan fingerprint density at radius 1 is 0.525 bits per heavy atom. The van der Waals surface area contributed by atoms with Crippen LogP contribution in [0.4, 0.5) is 0 Å². The number of phosphoric ester groups is 2. The van der Waals surface area contributed by atoms with Crippen molar-refractivity contribution in [2.24, 2.45) is 34.4 Å². The Hall–Kier alpha value is -0.967. The fourth-order valence-corrected chi connectivity index (χ4v) is 2.03. The minimum Gasteiger partial charge on any atom is -0.676 e. The summed E-state index contributed by atoms with van der Waals surface area (Å²) in [5, 5.41) is 0. The quantitative estimate of drug-likeness (QED) is 0.163. The molecule has 0 saturated heterocycles. The molecule has 0 fully saturated rings. The Balaban J connectivity index is -0.0000000928. The molecule has 2 aromatic rings. The summed E-state index contributed by atoms with van der Waals surface area (Å²) in [6.45, 7) is 4.06. The smallest absolute Gasteiger partial charge is 0.524 e. The maximum Gasteiger partial charge on any atom is 0.524 e. The van der Waals surface area contributed by atoms with E-state index in [1.54, 1.807) is 36.4 Å². The predicted octanol–water partition coefficient (Wildman–Crippen LogP) is 0.113. The molecule has 0 heterocycles. The summed E-state index contributed by atoms with van der Waals surface area (Å²) in [5.41, 5.74) is 41.9. The van der Waals surface area contributed by atoms with E-state index in [0.717, 1.165) is 0 Å². The summed E-state index contributed by atoms with van der Waals surface area (Å²) in [5.74, 6) is 0.335. The van der Waals surface area contributed by atoms with Crippen LogP contribution < -0.4 is 43.4 Å². The van der Waals surface area contributed by atoms with E-state index in [2.05, 4.69) is 9.05 Å². The molecule has 40 heavy (non-hydrogen) atoms. The maximum atomic E-state index is 10.3. The molecule has 0 saturated carbocycles. The molecule has 2 rings (SSSR count). The average Bonchev–Trinajstić information content (AvgIpc) is 2.89. The normalized spacial score (nSPS) is 9.10. The number of benzene rings is 2. The van der Waals surface area contributed by atoms with E-state index in [1.807, 2.05) is 0 Å². The van der Waals surface area contributed by atoms with Crippen LogP contribution in [0.15, 0.2) is 60.7 Å². The third-order valence-electron chi connectivity index (χ3n) is 2.56. The van der Waals surface area contributed by atoms with E-state index in [0.29, 0.717) is 52.4 Å². The molecule has 242 valence electrons. The monoisotopic (exact) mass is 704 g/mol. The van der Waals surface area contributed by atoms with Gasteiger partial charge in [0.25, 0.3) is 0 Å². The average molecular weight is 704 g/mol. The van der Waals surface area contributed by atoms with Crippen LogP contribution in [0.3, 0.4) is 0 Å². The first-order valence-electron chi connectivity index (χ1n) is 10.9. The Labute approximate surface area is 256 Å². The molecule has 0 bridgehead atoms. The van der Waals surface area contributed by atoms with Gasteiger partial charge in [0, 0.05) is 59.7 Å². The van der Waals surface area contributed by atoms with Gasteiger partial charge in [-0.2, -0.15) is 0 Å². The molecule has 0 atom stereocenters. The SMILES string of the molecule is NCCN.NCCN.O=P(O)(O)Oc1ccccc1.O=P(O)(O)Oc1ccccc1.[Co].[Co].[NH-]CCN.[NH-]CCN. The van der Waals surface area contributed by atoms with E-state index >= 15 is 0 Å². The van der Waals surface area contributed by atoms with Crippen molar-refractivity contribution in [2.45, 2.75) is 0 Å². The van der Waals surface area contributed by atoms with Gasteiger partial charge in [-0.1, -0.05) is 36.4 Å². The molecule has 0 aliphatic carbocycles. The molecule has 0 amide bonds. The molecular formula is C20H44Co2N8O8P2-2. The zero-order chi connectivity index (χ0) is 30.3. The Morgan fingerprint density at radius 3 is 0.850 bits per heavy atom. The van der Waals surface area contributed by atoms with Crippen LogP contribution >= 0.6 is 15.6 Å². The Kier molecular flexibility index (Phi) is 49.2. The van der Waals surface area contributed by atoms with Crippen molar-refractivity contribution in [3.05, 3.63) is 72.1 Å². The van der Waals surface area contributed by atoms with Crippen LogP contribution in [0.5, 0.6) is 11.5 Å². The molecule has 0 unspecified atom stereocenters. The van der Waals surface area contributed by atoms with Gasteiger partial charge in [-0.05, 0) is 37.4 Å². The maximum absolute atomic E-state index is 10.3. The summed E-state index contributed by atoms with van der Waals surface area (Å²) in [6, 6.07) is 15.9. The van der Waals surface area contributed by atoms with Gasteiger partial charge in [0.2, 0.25) is 0 Å². The van der Waals surface area contributed by atoms with Crippen LogP contribution in [0.1, 0.15) is 0 Å². The molecule has 2 radical (unpaired) electrons. The molecule has 2 aromatic carbocycles. The fourth-order valence-electron chi connectivity index (χ4n) is 1.24. The molecular weight excluding hydrogens is 660 g/mol. The second kappa shape index (κ2) is 38.0. The zero-order valence-corrected chi connectivity index (χ0v) is 25.7. The van der Waals surface area contributed by atoms with Crippen LogP contribution in [0.2, 0.25) is 0 Å². The number of para-hydroxylation sites is 2. The summed E-state index contributed by atoms with van der Waals surface area (Å²) < 4.78 is 29.1. The van der Waals surface area contributed by atoms with Gasteiger partial charge in [0.05, 0.1) is 0 Å². The standard InChI is InChI=1S/2C6H7O4P.2C2H8N2.2C2H7N2.2Co/c2*7-11(8,9)10-6-4-2-1-3-5-6;4*3-1-2-4;;/h2*1-5H,(H2,7,8,9);2*1-4H2;2*3H,1-2,4H2;;/q;;;;2*-1;;. The molecule has 0 spiro atoms. The first-order valence-corrected chi connectivity index (χ1v) is 14.0. The van der Waals surface area contributed by atoms with E-state index in [-0.39, 0.29) is 45.1 Å². The summed E-state index contributed by atoms with van der Waals surface area (Å²) >= 11 is 0. The van der Waals surface area contributed by atoms with Gasteiger partial charge in [0.1, 0.15) is 11.5 Å². The van der Waals surface area contributed by atoms with Gasteiger partial charge in [-0.25, -0.2) is 9.13 Å². The molecule has 0 aromatic heterocycles. The number of nitrogens with one attached hydrogen (secondary N) is 2. The number of hydrogen-bond acceptors (Lipinski definition) is 10.